The molecule has 218 valence electrons. The number of nitrogens with zero attached hydrogens (tertiary/aromatic N) is 1. The van der Waals surface area contributed by atoms with Gasteiger partial charge < -0.3 is 38.4 Å². The van der Waals surface area contributed by atoms with Gasteiger partial charge in [0, 0.05) is 12.7 Å². The topological polar surface area (TPSA) is 168 Å². The standard InChI is InChI=1S/C27H34N2O11/c1-8-13-36-29-26(33)39-22-20(31)25(40-27(5,10-3)23(22)34-6)37-17-12-11-15-19(30)18(16(9-2)28-35-7)24(32)38-21(15)14(17)4/h1,11-12,20,22-23,25,30-31H,9-10,13H2,2-7H3,(H,29,33)/b28-16+/t20-,22+,23-,25?,27+/m1/s1. The molecule has 1 aromatic heterocycles. The van der Waals surface area contributed by atoms with Gasteiger partial charge in [-0.1, -0.05) is 24.9 Å². The molecule has 13 heteroatoms. The Kier molecular flexibility index (Phi) is 9.99. The van der Waals surface area contributed by atoms with E-state index in [2.05, 4.69) is 11.1 Å². The molecule has 1 fully saturated rings. The fourth-order valence-electron chi connectivity index (χ4n) is 4.53. The number of carbonyl (C=O) groups excluding carboxylic acids is 1. The number of oxime groups is 1. The normalized spacial score (nSPS) is 24.8. The zero-order valence-corrected chi connectivity index (χ0v) is 23.2. The highest BCUT2D eigenvalue weighted by atomic mass is 16.7. The molecule has 2 aromatic rings. The third kappa shape index (κ3) is 6.00. The molecule has 0 spiro atoms. The summed E-state index contributed by atoms with van der Waals surface area (Å²) in [6.45, 7) is 6.74. The Morgan fingerprint density at radius 2 is 2.02 bits per heavy atom. The summed E-state index contributed by atoms with van der Waals surface area (Å²) in [4.78, 5) is 34.7. The van der Waals surface area contributed by atoms with Crippen molar-refractivity contribution in [2.45, 2.75) is 70.7 Å². The fourth-order valence-corrected chi connectivity index (χ4v) is 4.53. The Morgan fingerprint density at radius 1 is 1.30 bits per heavy atom. The highest BCUT2D eigenvalue weighted by Gasteiger charge is 2.54. The van der Waals surface area contributed by atoms with Crippen LogP contribution in [0.5, 0.6) is 11.5 Å². The van der Waals surface area contributed by atoms with Crippen LogP contribution >= 0.6 is 0 Å². The Hall–Kier alpha value is -3.83. The lowest BCUT2D eigenvalue weighted by Crippen LogP contribution is -2.66. The Morgan fingerprint density at radius 3 is 2.62 bits per heavy atom. The first-order valence-corrected chi connectivity index (χ1v) is 12.5. The maximum Gasteiger partial charge on any atom is 0.431 e. The van der Waals surface area contributed by atoms with E-state index in [1.165, 1.54) is 26.4 Å². The van der Waals surface area contributed by atoms with Crippen LogP contribution in [0.25, 0.3) is 11.0 Å². The number of hydrogen-bond donors (Lipinski definition) is 3. The highest BCUT2D eigenvalue weighted by molar-refractivity contribution is 6.06. The Labute approximate surface area is 230 Å². The van der Waals surface area contributed by atoms with Gasteiger partial charge in [0.25, 0.3) is 0 Å². The van der Waals surface area contributed by atoms with Gasteiger partial charge in [0.1, 0.15) is 42.5 Å². The molecular formula is C27H34N2O11. The van der Waals surface area contributed by atoms with E-state index in [4.69, 9.17) is 39.5 Å². The summed E-state index contributed by atoms with van der Waals surface area (Å²) in [6, 6.07) is 3.02. The number of carbonyl (C=O) groups is 1. The monoisotopic (exact) mass is 562 g/mol. The van der Waals surface area contributed by atoms with Gasteiger partial charge in [-0.25, -0.2) is 9.59 Å². The number of terminal acetylenes is 1. The molecule has 0 bridgehead atoms. The molecule has 1 saturated heterocycles. The average Bonchev–Trinajstić information content (AvgIpc) is 2.92. The van der Waals surface area contributed by atoms with Gasteiger partial charge in [-0.15, -0.1) is 6.42 Å². The number of fused-ring (bicyclic) bond motifs is 1. The number of methoxy groups -OCH3 is 1. The summed E-state index contributed by atoms with van der Waals surface area (Å²) in [7, 11) is 2.73. The van der Waals surface area contributed by atoms with Gasteiger partial charge in [-0.2, -0.15) is 5.48 Å². The third-order valence-corrected chi connectivity index (χ3v) is 6.73. The van der Waals surface area contributed by atoms with Crippen LogP contribution in [0.2, 0.25) is 0 Å². The highest BCUT2D eigenvalue weighted by Crippen LogP contribution is 2.39. The molecule has 3 rings (SSSR count). The minimum Gasteiger partial charge on any atom is -0.506 e. The van der Waals surface area contributed by atoms with Crippen LogP contribution in [0.1, 0.15) is 44.7 Å². The van der Waals surface area contributed by atoms with E-state index >= 15 is 0 Å². The van der Waals surface area contributed by atoms with Gasteiger partial charge in [0.15, 0.2) is 12.2 Å². The van der Waals surface area contributed by atoms with Crippen molar-refractivity contribution in [2.75, 3.05) is 20.8 Å². The summed E-state index contributed by atoms with van der Waals surface area (Å²) < 4.78 is 28.7. The number of aliphatic hydroxyl groups is 1. The van der Waals surface area contributed by atoms with Gasteiger partial charge in [0.2, 0.25) is 6.29 Å². The predicted octanol–water partition coefficient (Wildman–Crippen LogP) is 2.51. The number of amides is 1. The largest absolute Gasteiger partial charge is 0.506 e. The van der Waals surface area contributed by atoms with E-state index in [9.17, 15) is 19.8 Å². The number of aliphatic hydroxyl groups excluding tert-OH is 1. The van der Waals surface area contributed by atoms with Crippen LogP contribution in [0.3, 0.4) is 0 Å². The van der Waals surface area contributed by atoms with Crippen molar-refractivity contribution in [3.63, 3.8) is 0 Å². The lowest BCUT2D eigenvalue weighted by atomic mass is 9.86. The molecule has 2 heterocycles. The van der Waals surface area contributed by atoms with Crippen molar-refractivity contribution in [2.24, 2.45) is 5.16 Å². The third-order valence-electron chi connectivity index (χ3n) is 6.73. The molecule has 40 heavy (non-hydrogen) atoms. The van der Waals surface area contributed by atoms with E-state index in [1.807, 2.05) is 12.4 Å². The first-order chi connectivity index (χ1) is 19.1. The van der Waals surface area contributed by atoms with E-state index in [1.54, 1.807) is 20.8 Å². The molecule has 0 radical (unpaired) electrons. The molecule has 13 nitrogen and oxygen atoms in total. The number of aryl methyl sites for hydroxylation is 1. The first-order valence-electron chi connectivity index (χ1n) is 12.5. The number of ether oxygens (including phenoxy) is 4. The van der Waals surface area contributed by atoms with Crippen molar-refractivity contribution >= 4 is 22.8 Å². The second kappa shape index (κ2) is 13.0. The van der Waals surface area contributed by atoms with Crippen LogP contribution in [0, 0.1) is 19.3 Å². The molecule has 0 aliphatic carbocycles. The van der Waals surface area contributed by atoms with Gasteiger partial charge in [0.05, 0.1) is 16.7 Å². The summed E-state index contributed by atoms with van der Waals surface area (Å²) in [6.07, 6.45) is -0.149. The quantitative estimate of drug-likeness (QED) is 0.128. The zero-order valence-electron chi connectivity index (χ0n) is 23.2. The van der Waals surface area contributed by atoms with E-state index in [-0.39, 0.29) is 40.4 Å². The van der Waals surface area contributed by atoms with Crippen molar-refractivity contribution < 1.29 is 48.0 Å². The number of hydrogen-bond acceptors (Lipinski definition) is 12. The summed E-state index contributed by atoms with van der Waals surface area (Å²) in [5, 5.41) is 26.1. The van der Waals surface area contributed by atoms with Gasteiger partial charge in [-0.3, -0.25) is 4.84 Å². The molecule has 5 atom stereocenters. The lowest BCUT2D eigenvalue weighted by molar-refractivity contribution is -0.311. The minimum atomic E-state index is -1.52. The molecule has 1 aliphatic rings. The van der Waals surface area contributed by atoms with Crippen LogP contribution in [-0.2, 0) is 23.9 Å². The Balaban J connectivity index is 1.98. The molecule has 0 saturated carbocycles. The van der Waals surface area contributed by atoms with Crippen molar-refractivity contribution in [1.29, 1.82) is 0 Å². The van der Waals surface area contributed by atoms with Crippen LogP contribution in [0.4, 0.5) is 4.79 Å². The smallest absolute Gasteiger partial charge is 0.431 e. The van der Waals surface area contributed by atoms with Crippen LogP contribution in [0.15, 0.2) is 26.5 Å². The molecule has 3 N–H and O–H groups in total. The second-order valence-electron chi connectivity index (χ2n) is 9.13. The number of hydroxylamine groups is 1. The maximum absolute atomic E-state index is 12.8. The predicted molar refractivity (Wildman–Crippen MR) is 142 cm³/mol. The van der Waals surface area contributed by atoms with Crippen LogP contribution < -0.4 is 15.8 Å². The number of rotatable bonds is 10. The molecule has 1 amide bonds. The average molecular weight is 563 g/mol. The van der Waals surface area contributed by atoms with Crippen molar-refractivity contribution in [1.82, 2.24) is 5.48 Å². The van der Waals surface area contributed by atoms with Gasteiger partial charge >= 0.3 is 11.7 Å². The number of aromatic hydroxyl groups is 1. The van der Waals surface area contributed by atoms with E-state index in [0.29, 0.717) is 18.4 Å². The molecular weight excluding hydrogens is 528 g/mol. The zero-order chi connectivity index (χ0) is 29.6. The first kappa shape index (κ1) is 30.7. The van der Waals surface area contributed by atoms with E-state index < -0.39 is 41.9 Å². The van der Waals surface area contributed by atoms with Crippen molar-refractivity contribution in [3.8, 4) is 23.8 Å². The minimum absolute atomic E-state index is 0.0628. The van der Waals surface area contributed by atoms with E-state index in [0.717, 1.165) is 0 Å². The molecule has 1 aliphatic heterocycles. The maximum atomic E-state index is 12.8. The Bertz CT molecular complexity index is 1350. The number of nitrogens with one attached hydrogen (secondary N) is 1. The lowest BCUT2D eigenvalue weighted by Gasteiger charge is -2.48. The molecule has 1 aromatic carbocycles. The summed E-state index contributed by atoms with van der Waals surface area (Å²) in [5.41, 5.74) is 0.694. The number of benzene rings is 1. The van der Waals surface area contributed by atoms with Gasteiger partial charge in [-0.05, 0) is 38.8 Å². The van der Waals surface area contributed by atoms with Crippen molar-refractivity contribution in [3.05, 3.63) is 33.7 Å². The van der Waals surface area contributed by atoms with Crippen LogP contribution in [-0.4, -0.2) is 73.0 Å². The summed E-state index contributed by atoms with van der Waals surface area (Å²) >= 11 is 0. The second-order valence-corrected chi connectivity index (χ2v) is 9.13. The SMILES string of the molecule is C#CCONC(=O)O[C@@H]1[C@@H](OC)[C@](C)(CC)OC(Oc2ccc3c(O)c(/C(CC)=N/OC)c(=O)oc3c2C)[C@@H]1O. The summed E-state index contributed by atoms with van der Waals surface area (Å²) in [5.74, 6) is 2.06. The fraction of sp³-hybridized carbons (Fsp3) is 0.519. The molecule has 1 unspecified atom stereocenters.